The molecule has 1 aromatic carbocycles. The molecule has 1 aliphatic heterocycles. The fourth-order valence-corrected chi connectivity index (χ4v) is 4.61. The second kappa shape index (κ2) is 6.84. The van der Waals surface area contributed by atoms with Gasteiger partial charge in [-0.15, -0.1) is 0 Å². The molecule has 2 heterocycles. The molecule has 0 aliphatic carbocycles. The van der Waals surface area contributed by atoms with Crippen molar-refractivity contribution in [2.24, 2.45) is 0 Å². The molecule has 0 bridgehead atoms. The maximum atomic E-state index is 11.5. The molecule has 0 saturated carbocycles. The average molecular weight is 333 g/mol. The topological polar surface area (TPSA) is 55.2 Å². The number of nitrogens with zero attached hydrogens (tertiary/aromatic N) is 3. The van der Waals surface area contributed by atoms with E-state index in [2.05, 4.69) is 41.3 Å². The van der Waals surface area contributed by atoms with Gasteiger partial charge in [-0.3, -0.25) is 9.58 Å². The summed E-state index contributed by atoms with van der Waals surface area (Å²) in [6.07, 6.45) is 5.23. The molecule has 0 amide bonds. The van der Waals surface area contributed by atoms with Crippen molar-refractivity contribution < 1.29 is 8.42 Å². The van der Waals surface area contributed by atoms with Gasteiger partial charge in [0, 0.05) is 25.0 Å². The molecule has 2 aromatic rings. The number of rotatable bonds is 5. The first-order chi connectivity index (χ1) is 11.0. The van der Waals surface area contributed by atoms with Crippen LogP contribution in [0.2, 0.25) is 0 Å². The fourth-order valence-electron chi connectivity index (χ4n) is 3.14. The minimum Gasteiger partial charge on any atom is -0.299 e. The molecule has 3 rings (SSSR count). The summed E-state index contributed by atoms with van der Waals surface area (Å²) >= 11 is 0. The Bertz CT molecular complexity index is 727. The number of sulfone groups is 1. The fraction of sp³-hybridized carbons (Fsp3) is 0.471. The van der Waals surface area contributed by atoms with E-state index in [-0.39, 0.29) is 0 Å². The van der Waals surface area contributed by atoms with Crippen LogP contribution in [0, 0.1) is 0 Å². The zero-order valence-corrected chi connectivity index (χ0v) is 14.2. The Labute approximate surface area is 137 Å². The van der Waals surface area contributed by atoms with Crippen LogP contribution in [-0.4, -0.2) is 47.7 Å². The van der Waals surface area contributed by atoms with E-state index in [1.165, 1.54) is 11.1 Å². The van der Waals surface area contributed by atoms with Crippen molar-refractivity contribution >= 4 is 9.84 Å². The van der Waals surface area contributed by atoms with Gasteiger partial charge in [-0.1, -0.05) is 24.3 Å². The monoisotopic (exact) mass is 333 g/mol. The predicted octanol–water partition coefficient (Wildman–Crippen LogP) is 1.94. The van der Waals surface area contributed by atoms with Crippen LogP contribution < -0.4 is 0 Å². The molecule has 23 heavy (non-hydrogen) atoms. The molecule has 6 heteroatoms. The number of aromatic nitrogens is 2. The highest BCUT2D eigenvalue weighted by Gasteiger charge is 2.26. The predicted molar refractivity (Wildman–Crippen MR) is 90.9 cm³/mol. The van der Waals surface area contributed by atoms with Crippen molar-refractivity contribution in [1.29, 1.82) is 0 Å². The highest BCUT2D eigenvalue weighted by atomic mass is 32.2. The first-order valence-electron chi connectivity index (χ1n) is 7.98. The van der Waals surface area contributed by atoms with Crippen molar-refractivity contribution in [3.8, 4) is 0 Å². The molecule has 0 unspecified atom stereocenters. The Morgan fingerprint density at radius 1 is 1.22 bits per heavy atom. The Balaban J connectivity index is 1.61. The highest BCUT2D eigenvalue weighted by Crippen LogP contribution is 2.19. The normalized spacial score (nSPS) is 18.3. The van der Waals surface area contributed by atoms with Crippen molar-refractivity contribution in [2.75, 3.05) is 18.6 Å². The van der Waals surface area contributed by atoms with Gasteiger partial charge < -0.3 is 0 Å². The third-order valence-electron chi connectivity index (χ3n) is 4.47. The van der Waals surface area contributed by atoms with Crippen molar-refractivity contribution in [1.82, 2.24) is 14.7 Å². The summed E-state index contributed by atoms with van der Waals surface area (Å²) in [5, 5.41) is 4.24. The van der Waals surface area contributed by atoms with E-state index in [4.69, 9.17) is 0 Å². The maximum Gasteiger partial charge on any atom is 0.150 e. The third kappa shape index (κ3) is 4.42. The standard InChI is InChI=1S/C17H23N3O2S/c1-19(17-6-10-23(21,22)11-7-17)13-15-4-2-5-16(12-15)14-20-9-3-8-18-20/h2-5,8-9,12,17H,6-7,10-11,13-14H2,1H3. The number of hydrogen-bond acceptors (Lipinski definition) is 4. The number of benzene rings is 1. The van der Waals surface area contributed by atoms with Crippen LogP contribution in [-0.2, 0) is 22.9 Å². The molecule has 0 spiro atoms. The summed E-state index contributed by atoms with van der Waals surface area (Å²) in [6.45, 7) is 1.61. The van der Waals surface area contributed by atoms with Crippen molar-refractivity contribution in [2.45, 2.75) is 32.0 Å². The van der Waals surface area contributed by atoms with E-state index >= 15 is 0 Å². The van der Waals surface area contributed by atoms with Gasteiger partial charge in [0.25, 0.3) is 0 Å². The zero-order chi connectivity index (χ0) is 16.3. The largest absolute Gasteiger partial charge is 0.299 e. The molecule has 1 aromatic heterocycles. The number of hydrogen-bond donors (Lipinski definition) is 0. The Hall–Kier alpha value is -1.66. The lowest BCUT2D eigenvalue weighted by molar-refractivity contribution is 0.218. The summed E-state index contributed by atoms with van der Waals surface area (Å²) in [6, 6.07) is 10.8. The molecule has 124 valence electrons. The second-order valence-corrected chi connectivity index (χ2v) is 8.63. The van der Waals surface area contributed by atoms with Gasteiger partial charge in [-0.2, -0.15) is 5.10 Å². The first-order valence-corrected chi connectivity index (χ1v) is 9.80. The lowest BCUT2D eigenvalue weighted by Gasteiger charge is -2.31. The lowest BCUT2D eigenvalue weighted by Crippen LogP contribution is -2.38. The Kier molecular flexibility index (Phi) is 4.82. The zero-order valence-electron chi connectivity index (χ0n) is 13.4. The van der Waals surface area contributed by atoms with E-state index in [0.29, 0.717) is 17.5 Å². The van der Waals surface area contributed by atoms with E-state index in [0.717, 1.165) is 25.9 Å². The summed E-state index contributed by atoms with van der Waals surface area (Å²) < 4.78 is 25.0. The van der Waals surface area contributed by atoms with Crippen LogP contribution >= 0.6 is 0 Å². The van der Waals surface area contributed by atoms with E-state index in [1.807, 2.05) is 16.9 Å². The molecular weight excluding hydrogens is 310 g/mol. The van der Waals surface area contributed by atoms with Crippen LogP contribution in [0.4, 0.5) is 0 Å². The van der Waals surface area contributed by atoms with Gasteiger partial charge in [-0.25, -0.2) is 8.42 Å². The van der Waals surface area contributed by atoms with Gasteiger partial charge >= 0.3 is 0 Å². The first kappa shape index (κ1) is 16.2. The van der Waals surface area contributed by atoms with Crippen LogP contribution in [0.15, 0.2) is 42.7 Å². The molecule has 0 radical (unpaired) electrons. The van der Waals surface area contributed by atoms with Gasteiger partial charge in [-0.05, 0) is 37.1 Å². The minimum absolute atomic E-state index is 0.321. The molecule has 0 atom stereocenters. The molecular formula is C17H23N3O2S. The summed E-state index contributed by atoms with van der Waals surface area (Å²) in [4.78, 5) is 2.28. The van der Waals surface area contributed by atoms with Crippen LogP contribution in [0.1, 0.15) is 24.0 Å². The molecule has 1 fully saturated rings. The molecule has 1 aliphatic rings. The van der Waals surface area contributed by atoms with Crippen molar-refractivity contribution in [3.05, 3.63) is 53.9 Å². The lowest BCUT2D eigenvalue weighted by atomic mass is 10.1. The quantitative estimate of drug-likeness (QED) is 0.839. The van der Waals surface area contributed by atoms with Gasteiger partial charge in [0.1, 0.15) is 9.84 Å². The van der Waals surface area contributed by atoms with E-state index in [1.54, 1.807) is 6.20 Å². The Morgan fingerprint density at radius 3 is 2.65 bits per heavy atom. The molecule has 5 nitrogen and oxygen atoms in total. The molecule has 0 N–H and O–H groups in total. The van der Waals surface area contributed by atoms with Crippen LogP contribution in [0.3, 0.4) is 0 Å². The minimum atomic E-state index is -2.79. The van der Waals surface area contributed by atoms with Gasteiger partial charge in [0.05, 0.1) is 18.1 Å². The van der Waals surface area contributed by atoms with E-state index in [9.17, 15) is 8.42 Å². The molecule has 1 saturated heterocycles. The van der Waals surface area contributed by atoms with Crippen LogP contribution in [0.25, 0.3) is 0 Å². The SMILES string of the molecule is CN(Cc1cccc(Cn2cccn2)c1)C1CCS(=O)(=O)CC1. The third-order valence-corrected chi connectivity index (χ3v) is 6.19. The highest BCUT2D eigenvalue weighted by molar-refractivity contribution is 7.91. The summed E-state index contributed by atoms with van der Waals surface area (Å²) in [5.41, 5.74) is 2.48. The van der Waals surface area contributed by atoms with E-state index < -0.39 is 9.84 Å². The van der Waals surface area contributed by atoms with Crippen LogP contribution in [0.5, 0.6) is 0 Å². The second-order valence-electron chi connectivity index (χ2n) is 6.32. The smallest absolute Gasteiger partial charge is 0.150 e. The van der Waals surface area contributed by atoms with Gasteiger partial charge in [0.2, 0.25) is 0 Å². The summed E-state index contributed by atoms with van der Waals surface area (Å²) in [5.74, 6) is 0.642. The Morgan fingerprint density at radius 2 is 1.96 bits per heavy atom. The average Bonchev–Trinajstić information content (AvgIpc) is 3.00. The van der Waals surface area contributed by atoms with Gasteiger partial charge in [0.15, 0.2) is 0 Å². The summed E-state index contributed by atoms with van der Waals surface area (Å²) in [7, 11) is -0.708. The maximum absolute atomic E-state index is 11.5. The van der Waals surface area contributed by atoms with Crippen molar-refractivity contribution in [3.63, 3.8) is 0 Å².